The summed E-state index contributed by atoms with van der Waals surface area (Å²) in [6.45, 7) is 6.79. The van der Waals surface area contributed by atoms with Crippen molar-refractivity contribution in [1.82, 2.24) is 4.90 Å². The summed E-state index contributed by atoms with van der Waals surface area (Å²) in [5, 5.41) is 0. The number of amides is 1. The molecule has 7 heteroatoms. The first kappa shape index (κ1) is 18.8. The van der Waals surface area contributed by atoms with Crippen LogP contribution in [0.3, 0.4) is 0 Å². The maximum Gasteiger partial charge on any atom is 0.410 e. The van der Waals surface area contributed by atoms with Crippen molar-refractivity contribution < 1.29 is 22.1 Å². The van der Waals surface area contributed by atoms with Crippen molar-refractivity contribution in [2.45, 2.75) is 45.6 Å². The van der Waals surface area contributed by atoms with Gasteiger partial charge in [0.05, 0.1) is 6.26 Å². The zero-order valence-electron chi connectivity index (χ0n) is 13.7. The first-order valence-electron chi connectivity index (χ1n) is 7.35. The van der Waals surface area contributed by atoms with Crippen molar-refractivity contribution in [2.75, 3.05) is 26.0 Å². The van der Waals surface area contributed by atoms with E-state index in [0.717, 1.165) is 19.1 Å². The minimum atomic E-state index is -3.42. The molecule has 1 amide bonds. The molecule has 1 fully saturated rings. The Bertz CT molecular complexity index is 531. The SMILES string of the molecule is CC(C)(C)OC(=O)N1CCC(CC#CCOS(C)(=O)=O)CC1. The van der Waals surface area contributed by atoms with E-state index in [0.29, 0.717) is 25.4 Å². The van der Waals surface area contributed by atoms with Gasteiger partial charge in [0, 0.05) is 19.5 Å². The molecule has 1 heterocycles. The minimum Gasteiger partial charge on any atom is -0.444 e. The van der Waals surface area contributed by atoms with Crippen LogP contribution in [0.15, 0.2) is 0 Å². The van der Waals surface area contributed by atoms with Crippen LogP contribution in [-0.4, -0.2) is 51.0 Å². The molecule has 0 spiro atoms. The fraction of sp³-hybridized carbons (Fsp3) is 0.800. The number of piperidine rings is 1. The number of nitrogens with zero attached hydrogens (tertiary/aromatic N) is 1. The summed E-state index contributed by atoms with van der Waals surface area (Å²) in [7, 11) is -3.42. The highest BCUT2D eigenvalue weighted by Gasteiger charge is 2.26. The first-order chi connectivity index (χ1) is 10.1. The zero-order valence-corrected chi connectivity index (χ0v) is 14.5. The fourth-order valence-corrected chi connectivity index (χ4v) is 2.32. The van der Waals surface area contributed by atoms with Gasteiger partial charge < -0.3 is 9.64 Å². The molecule has 0 aromatic heterocycles. The summed E-state index contributed by atoms with van der Waals surface area (Å²) in [5.41, 5.74) is -0.473. The fourth-order valence-electron chi connectivity index (χ4n) is 2.05. The van der Waals surface area contributed by atoms with Crippen molar-refractivity contribution >= 4 is 16.2 Å². The lowest BCUT2D eigenvalue weighted by atomic mass is 9.94. The third-order valence-electron chi connectivity index (χ3n) is 3.13. The Labute approximate surface area is 133 Å². The number of carbonyl (C=O) groups is 1. The second kappa shape index (κ2) is 7.84. The lowest BCUT2D eigenvalue weighted by Gasteiger charge is -2.32. The molecule has 0 aromatic rings. The number of ether oxygens (including phenoxy) is 1. The lowest BCUT2D eigenvalue weighted by molar-refractivity contribution is 0.0185. The minimum absolute atomic E-state index is 0.102. The van der Waals surface area contributed by atoms with Crippen molar-refractivity contribution in [3.63, 3.8) is 0 Å². The van der Waals surface area contributed by atoms with Crippen LogP contribution >= 0.6 is 0 Å². The maximum absolute atomic E-state index is 11.9. The lowest BCUT2D eigenvalue weighted by Crippen LogP contribution is -2.41. The predicted molar refractivity (Wildman–Crippen MR) is 83.7 cm³/mol. The molecule has 1 aliphatic heterocycles. The molecule has 0 saturated carbocycles. The third kappa shape index (κ3) is 8.25. The van der Waals surface area contributed by atoms with Crippen LogP contribution in [0.5, 0.6) is 0 Å². The average Bonchev–Trinajstić information content (AvgIpc) is 2.35. The molecule has 6 nitrogen and oxygen atoms in total. The maximum atomic E-state index is 11.9. The van der Waals surface area contributed by atoms with Gasteiger partial charge in [0.2, 0.25) is 0 Å². The summed E-state index contributed by atoms with van der Waals surface area (Å²) in [5.74, 6) is 6.05. The van der Waals surface area contributed by atoms with Crippen LogP contribution in [-0.2, 0) is 19.0 Å². The van der Waals surface area contributed by atoms with E-state index in [1.807, 2.05) is 20.8 Å². The summed E-state index contributed by atoms with van der Waals surface area (Å²) in [6.07, 6.45) is 3.18. The summed E-state index contributed by atoms with van der Waals surface area (Å²) in [4.78, 5) is 13.6. The zero-order chi connectivity index (χ0) is 16.8. The van der Waals surface area contributed by atoms with Gasteiger partial charge >= 0.3 is 6.09 Å². The molecule has 1 saturated heterocycles. The van der Waals surface area contributed by atoms with Gasteiger partial charge in [0.1, 0.15) is 12.2 Å². The number of carbonyl (C=O) groups excluding carboxylic acids is 1. The Morgan fingerprint density at radius 2 is 1.82 bits per heavy atom. The number of likely N-dealkylation sites (tertiary alicyclic amines) is 1. The summed E-state index contributed by atoms with van der Waals surface area (Å²) < 4.78 is 31.4. The van der Waals surface area contributed by atoms with E-state index in [-0.39, 0.29) is 12.7 Å². The van der Waals surface area contributed by atoms with Crippen molar-refractivity contribution in [2.24, 2.45) is 5.92 Å². The smallest absolute Gasteiger partial charge is 0.410 e. The van der Waals surface area contributed by atoms with E-state index in [9.17, 15) is 13.2 Å². The first-order valence-corrected chi connectivity index (χ1v) is 9.16. The van der Waals surface area contributed by atoms with Gasteiger partial charge in [0.15, 0.2) is 0 Å². The van der Waals surface area contributed by atoms with Crippen LogP contribution in [0.25, 0.3) is 0 Å². The highest BCUT2D eigenvalue weighted by atomic mass is 32.2. The Hall–Kier alpha value is -1.26. The largest absolute Gasteiger partial charge is 0.444 e. The summed E-state index contributed by atoms with van der Waals surface area (Å²) in [6, 6.07) is 0. The van der Waals surface area contributed by atoms with Gasteiger partial charge in [-0.3, -0.25) is 4.18 Å². The Morgan fingerprint density at radius 3 is 2.32 bits per heavy atom. The molecule has 0 aromatic carbocycles. The number of hydrogen-bond acceptors (Lipinski definition) is 5. The molecular weight excluding hydrogens is 306 g/mol. The molecule has 1 rings (SSSR count). The quantitative estimate of drug-likeness (QED) is 0.584. The molecule has 22 heavy (non-hydrogen) atoms. The standard InChI is InChI=1S/C15H25NO5S/c1-15(2,3)21-14(17)16-10-8-13(9-11-16)7-5-6-12-20-22(4,18)19/h13H,7-12H2,1-4H3. The van der Waals surface area contributed by atoms with Crippen LogP contribution < -0.4 is 0 Å². The number of rotatable bonds is 3. The highest BCUT2D eigenvalue weighted by Crippen LogP contribution is 2.21. The van der Waals surface area contributed by atoms with Gasteiger partial charge in [0.25, 0.3) is 10.1 Å². The Balaban J connectivity index is 2.28. The van der Waals surface area contributed by atoms with Crippen molar-refractivity contribution in [3.8, 4) is 11.8 Å². The van der Waals surface area contributed by atoms with Gasteiger partial charge in [-0.15, -0.1) is 5.92 Å². The molecule has 1 aliphatic rings. The molecule has 0 atom stereocenters. The van der Waals surface area contributed by atoms with E-state index in [2.05, 4.69) is 16.0 Å². The molecule has 0 unspecified atom stereocenters. The van der Waals surface area contributed by atoms with Crippen LogP contribution in [0.4, 0.5) is 4.79 Å². The summed E-state index contributed by atoms with van der Waals surface area (Å²) >= 11 is 0. The normalized spacial score (nSPS) is 16.8. The van der Waals surface area contributed by atoms with E-state index in [1.165, 1.54) is 0 Å². The highest BCUT2D eigenvalue weighted by molar-refractivity contribution is 7.85. The molecule has 0 radical (unpaired) electrons. The Kier molecular flexibility index (Phi) is 6.69. The third-order valence-corrected chi connectivity index (χ3v) is 3.67. The van der Waals surface area contributed by atoms with E-state index < -0.39 is 15.7 Å². The van der Waals surface area contributed by atoms with Gasteiger partial charge in [-0.2, -0.15) is 8.42 Å². The van der Waals surface area contributed by atoms with Crippen molar-refractivity contribution in [3.05, 3.63) is 0 Å². The van der Waals surface area contributed by atoms with E-state index in [4.69, 9.17) is 4.74 Å². The number of hydrogen-bond donors (Lipinski definition) is 0. The van der Waals surface area contributed by atoms with Crippen LogP contribution in [0.2, 0.25) is 0 Å². The topological polar surface area (TPSA) is 72.9 Å². The second-order valence-corrected chi connectivity index (χ2v) is 8.08. The van der Waals surface area contributed by atoms with Crippen molar-refractivity contribution in [1.29, 1.82) is 0 Å². The molecule has 0 N–H and O–H groups in total. The van der Waals surface area contributed by atoms with Gasteiger partial charge in [-0.25, -0.2) is 4.79 Å². The van der Waals surface area contributed by atoms with Gasteiger partial charge in [-0.1, -0.05) is 5.92 Å². The average molecular weight is 331 g/mol. The monoisotopic (exact) mass is 331 g/mol. The van der Waals surface area contributed by atoms with E-state index >= 15 is 0 Å². The molecule has 126 valence electrons. The second-order valence-electron chi connectivity index (χ2n) is 6.43. The molecule has 0 bridgehead atoms. The molecule has 0 aliphatic carbocycles. The Morgan fingerprint density at radius 1 is 1.23 bits per heavy atom. The van der Waals surface area contributed by atoms with Gasteiger partial charge in [-0.05, 0) is 39.5 Å². The predicted octanol–water partition coefficient (Wildman–Crippen LogP) is 2.00. The van der Waals surface area contributed by atoms with E-state index in [1.54, 1.807) is 4.90 Å². The molecular formula is C15H25NO5S. The van der Waals surface area contributed by atoms with Crippen LogP contribution in [0.1, 0.15) is 40.0 Å². The van der Waals surface area contributed by atoms with Crippen LogP contribution in [0, 0.1) is 17.8 Å².